The van der Waals surface area contributed by atoms with E-state index < -0.39 is 0 Å². The van der Waals surface area contributed by atoms with Gasteiger partial charge in [0.25, 0.3) is 0 Å². The molecule has 5 heteroatoms. The molecule has 0 N–H and O–H groups in total. The summed E-state index contributed by atoms with van der Waals surface area (Å²) in [7, 11) is 0. The Morgan fingerprint density at radius 1 is 0.283 bits per heavy atom. The SMILES string of the molecule is c1ccc(-c2nc(-c3ccccc3)nc(-c3ccc(-n4c5ccccc5c5c(-c6ccc7c(c6)c6c8ccccc8ccc6n7-c6ccccc6)cccc54)cc3)n2)cc1. The standard InChI is InChI=1S/C55H35N5/c1-4-16-37(17-5-1)53-56-54(38-18-6-2-7-19-38)58-55(57-53)39-27-31-42(32-28-39)60-47-25-13-12-23-45(47)51-44(24-14-26-49(51)60)40-30-33-48-46(35-40)52-43-22-11-10-15-36(43)29-34-50(52)59(48)41-20-8-3-9-21-41/h1-35H. The van der Waals surface area contributed by atoms with E-state index in [1.54, 1.807) is 0 Å². The molecule has 0 saturated heterocycles. The first kappa shape index (κ1) is 33.9. The molecule has 0 aliphatic carbocycles. The van der Waals surface area contributed by atoms with Crippen molar-refractivity contribution in [3.8, 4) is 56.7 Å². The van der Waals surface area contributed by atoms with Crippen LogP contribution < -0.4 is 0 Å². The van der Waals surface area contributed by atoms with Crippen LogP contribution in [-0.2, 0) is 0 Å². The van der Waals surface area contributed by atoms with E-state index in [1.165, 1.54) is 54.5 Å². The number of hydrogen-bond acceptors (Lipinski definition) is 3. The fourth-order valence-electron chi connectivity index (χ4n) is 9.05. The molecule has 0 radical (unpaired) electrons. The first-order valence-electron chi connectivity index (χ1n) is 20.3. The van der Waals surface area contributed by atoms with Gasteiger partial charge in [0.15, 0.2) is 17.5 Å². The lowest BCUT2D eigenvalue weighted by molar-refractivity contribution is 1.07. The molecule has 280 valence electrons. The molecule has 0 aliphatic heterocycles. The summed E-state index contributed by atoms with van der Waals surface area (Å²) in [6.07, 6.45) is 0. The Morgan fingerprint density at radius 3 is 1.45 bits per heavy atom. The first-order chi connectivity index (χ1) is 29.8. The quantitative estimate of drug-likeness (QED) is 0.169. The van der Waals surface area contributed by atoms with Gasteiger partial charge in [-0.3, -0.25) is 0 Å². The Bertz CT molecular complexity index is 3510. The number of fused-ring (bicyclic) bond motifs is 8. The highest BCUT2D eigenvalue weighted by Gasteiger charge is 2.20. The highest BCUT2D eigenvalue weighted by atomic mass is 15.0. The van der Waals surface area contributed by atoms with Crippen molar-refractivity contribution >= 4 is 54.4 Å². The minimum absolute atomic E-state index is 0.635. The largest absolute Gasteiger partial charge is 0.309 e. The first-order valence-corrected chi connectivity index (χ1v) is 20.3. The Morgan fingerprint density at radius 2 is 0.767 bits per heavy atom. The molecular weight excluding hydrogens is 731 g/mol. The third kappa shape index (κ3) is 5.44. The van der Waals surface area contributed by atoms with Crippen LogP contribution in [0.5, 0.6) is 0 Å². The Kier molecular flexibility index (Phi) is 7.78. The van der Waals surface area contributed by atoms with Crippen LogP contribution in [0, 0.1) is 0 Å². The van der Waals surface area contributed by atoms with Crippen molar-refractivity contribution in [1.29, 1.82) is 0 Å². The summed E-state index contributed by atoms with van der Waals surface area (Å²) in [6.45, 7) is 0. The van der Waals surface area contributed by atoms with E-state index in [1.807, 2.05) is 60.7 Å². The predicted octanol–water partition coefficient (Wildman–Crippen LogP) is 13.9. The monoisotopic (exact) mass is 765 g/mol. The molecule has 60 heavy (non-hydrogen) atoms. The zero-order valence-corrected chi connectivity index (χ0v) is 32.4. The molecule has 9 aromatic carbocycles. The molecule has 0 unspecified atom stereocenters. The summed E-state index contributed by atoms with van der Waals surface area (Å²) >= 11 is 0. The zero-order chi connectivity index (χ0) is 39.6. The molecule has 12 rings (SSSR count). The maximum atomic E-state index is 4.98. The molecule has 0 aliphatic rings. The fourth-order valence-corrected chi connectivity index (χ4v) is 9.05. The van der Waals surface area contributed by atoms with E-state index in [4.69, 9.17) is 15.0 Å². The van der Waals surface area contributed by atoms with Crippen LogP contribution in [0.1, 0.15) is 0 Å². The number of para-hydroxylation sites is 2. The minimum Gasteiger partial charge on any atom is -0.309 e. The molecule has 0 bridgehead atoms. The van der Waals surface area contributed by atoms with Gasteiger partial charge >= 0.3 is 0 Å². The molecule has 12 aromatic rings. The molecule has 5 nitrogen and oxygen atoms in total. The van der Waals surface area contributed by atoms with Gasteiger partial charge in [-0.15, -0.1) is 0 Å². The summed E-state index contributed by atoms with van der Waals surface area (Å²) in [5, 5.41) is 7.45. The van der Waals surface area contributed by atoms with Gasteiger partial charge in [-0.05, 0) is 88.6 Å². The summed E-state index contributed by atoms with van der Waals surface area (Å²) < 4.78 is 4.78. The second-order valence-electron chi connectivity index (χ2n) is 15.2. The zero-order valence-electron chi connectivity index (χ0n) is 32.4. The molecule has 0 atom stereocenters. The summed E-state index contributed by atoms with van der Waals surface area (Å²) in [6, 6.07) is 75.2. The lowest BCUT2D eigenvalue weighted by atomic mass is 9.97. The number of rotatable bonds is 6. The molecule has 0 fully saturated rings. The molecule has 3 aromatic heterocycles. The summed E-state index contributed by atoms with van der Waals surface area (Å²) in [4.78, 5) is 14.9. The second kappa shape index (κ2) is 13.8. The van der Waals surface area contributed by atoms with Crippen molar-refractivity contribution in [2.24, 2.45) is 0 Å². The van der Waals surface area contributed by atoms with Crippen LogP contribution >= 0.6 is 0 Å². The minimum atomic E-state index is 0.635. The van der Waals surface area contributed by atoms with Gasteiger partial charge in [0, 0.05) is 49.6 Å². The molecular formula is C55H35N5. The number of nitrogens with zero attached hydrogens (tertiary/aromatic N) is 5. The van der Waals surface area contributed by atoms with Crippen LogP contribution in [0.3, 0.4) is 0 Å². The van der Waals surface area contributed by atoms with Gasteiger partial charge in [0.2, 0.25) is 0 Å². The van der Waals surface area contributed by atoms with E-state index in [0.29, 0.717) is 17.5 Å². The fraction of sp³-hybridized carbons (Fsp3) is 0. The van der Waals surface area contributed by atoms with Crippen LogP contribution in [0.4, 0.5) is 0 Å². The van der Waals surface area contributed by atoms with Gasteiger partial charge in [-0.25, -0.2) is 15.0 Å². The molecule has 0 spiro atoms. The van der Waals surface area contributed by atoms with Crippen LogP contribution in [0.2, 0.25) is 0 Å². The average Bonchev–Trinajstić information content (AvgIpc) is 3.85. The lowest BCUT2D eigenvalue weighted by Gasteiger charge is -2.11. The molecule has 3 heterocycles. The number of benzene rings is 9. The average molecular weight is 766 g/mol. The number of hydrogen-bond donors (Lipinski definition) is 0. The summed E-state index contributed by atoms with van der Waals surface area (Å²) in [5.41, 5.74) is 12.1. The third-order valence-electron chi connectivity index (χ3n) is 11.8. The predicted molar refractivity (Wildman–Crippen MR) is 248 cm³/mol. The summed E-state index contributed by atoms with van der Waals surface area (Å²) in [5.74, 6) is 1.93. The van der Waals surface area contributed by atoms with E-state index in [2.05, 4.69) is 161 Å². The van der Waals surface area contributed by atoms with Crippen molar-refractivity contribution in [3.63, 3.8) is 0 Å². The highest BCUT2D eigenvalue weighted by molar-refractivity contribution is 6.23. The second-order valence-corrected chi connectivity index (χ2v) is 15.2. The van der Waals surface area contributed by atoms with Crippen LogP contribution in [0.15, 0.2) is 212 Å². The van der Waals surface area contributed by atoms with Crippen molar-refractivity contribution < 1.29 is 0 Å². The van der Waals surface area contributed by atoms with Crippen molar-refractivity contribution in [2.45, 2.75) is 0 Å². The van der Waals surface area contributed by atoms with E-state index in [-0.39, 0.29) is 0 Å². The number of aromatic nitrogens is 5. The maximum Gasteiger partial charge on any atom is 0.164 e. The normalized spacial score (nSPS) is 11.7. The Balaban J connectivity index is 1.02. The van der Waals surface area contributed by atoms with Gasteiger partial charge in [-0.1, -0.05) is 146 Å². The van der Waals surface area contributed by atoms with Crippen LogP contribution in [-0.4, -0.2) is 24.1 Å². The van der Waals surface area contributed by atoms with Crippen molar-refractivity contribution in [1.82, 2.24) is 24.1 Å². The smallest absolute Gasteiger partial charge is 0.164 e. The maximum absolute atomic E-state index is 4.98. The lowest BCUT2D eigenvalue weighted by Crippen LogP contribution is -2.00. The van der Waals surface area contributed by atoms with Crippen molar-refractivity contribution in [3.05, 3.63) is 212 Å². The van der Waals surface area contributed by atoms with E-state index in [9.17, 15) is 0 Å². The van der Waals surface area contributed by atoms with Crippen molar-refractivity contribution in [2.75, 3.05) is 0 Å². The third-order valence-corrected chi connectivity index (χ3v) is 11.8. The molecule has 0 amide bonds. The van der Waals surface area contributed by atoms with Crippen LogP contribution in [0.25, 0.3) is 111 Å². The van der Waals surface area contributed by atoms with Gasteiger partial charge in [-0.2, -0.15) is 0 Å². The topological polar surface area (TPSA) is 48.5 Å². The van der Waals surface area contributed by atoms with Gasteiger partial charge in [0.05, 0.1) is 22.1 Å². The van der Waals surface area contributed by atoms with E-state index in [0.717, 1.165) is 39.1 Å². The highest BCUT2D eigenvalue weighted by Crippen LogP contribution is 2.42. The Labute approximate surface area is 346 Å². The van der Waals surface area contributed by atoms with E-state index >= 15 is 0 Å². The van der Waals surface area contributed by atoms with Gasteiger partial charge < -0.3 is 9.13 Å². The Hall–Kier alpha value is -8.15. The van der Waals surface area contributed by atoms with Gasteiger partial charge in [0.1, 0.15) is 0 Å². The molecule has 0 saturated carbocycles.